The van der Waals surface area contributed by atoms with Gasteiger partial charge in [-0.3, -0.25) is 9.00 Å². The molecule has 0 saturated carbocycles. The van der Waals surface area contributed by atoms with Gasteiger partial charge in [0.2, 0.25) is 0 Å². The van der Waals surface area contributed by atoms with E-state index in [9.17, 15) is 9.00 Å². The van der Waals surface area contributed by atoms with Gasteiger partial charge in [0.25, 0.3) is 0 Å². The van der Waals surface area contributed by atoms with Crippen molar-refractivity contribution in [2.24, 2.45) is 0 Å². The molecule has 15 heavy (non-hydrogen) atoms. The van der Waals surface area contributed by atoms with E-state index in [0.717, 1.165) is 10.0 Å². The second-order valence-corrected chi connectivity index (χ2v) is 5.80. The number of hydrogen-bond acceptors (Lipinski definition) is 2. The Morgan fingerprint density at radius 1 is 1.47 bits per heavy atom. The summed E-state index contributed by atoms with van der Waals surface area (Å²) in [6, 6.07) is 7.35. The summed E-state index contributed by atoms with van der Waals surface area (Å²) < 4.78 is 12.5. The van der Waals surface area contributed by atoms with Gasteiger partial charge in [-0.2, -0.15) is 0 Å². The predicted octanol–water partition coefficient (Wildman–Crippen LogP) is 2.17. The standard InChI is InChI=1S/C10H11BrO3S/c1-7(10(12)13)15(14)6-8-2-4-9(11)5-3-8/h2-5,7H,6H2,1H3,(H,12,13). The minimum absolute atomic E-state index is 0.279. The zero-order valence-electron chi connectivity index (χ0n) is 8.14. The molecular formula is C10H11BrO3S. The summed E-state index contributed by atoms with van der Waals surface area (Å²) in [5, 5.41) is 7.85. The van der Waals surface area contributed by atoms with Crippen molar-refractivity contribution in [2.75, 3.05) is 0 Å². The van der Waals surface area contributed by atoms with Crippen molar-refractivity contribution in [1.29, 1.82) is 0 Å². The molecule has 0 fully saturated rings. The highest BCUT2D eigenvalue weighted by Gasteiger charge is 2.18. The number of hydrogen-bond donors (Lipinski definition) is 1. The molecule has 5 heteroatoms. The van der Waals surface area contributed by atoms with Crippen LogP contribution in [0.2, 0.25) is 0 Å². The summed E-state index contributed by atoms with van der Waals surface area (Å²) in [6.45, 7) is 1.46. The third-order valence-electron chi connectivity index (χ3n) is 1.96. The highest BCUT2D eigenvalue weighted by atomic mass is 79.9. The van der Waals surface area contributed by atoms with E-state index in [1.54, 1.807) is 0 Å². The molecule has 0 aliphatic rings. The van der Waals surface area contributed by atoms with Gasteiger partial charge in [0.05, 0.1) is 0 Å². The average molecular weight is 291 g/mol. The fraction of sp³-hybridized carbons (Fsp3) is 0.300. The van der Waals surface area contributed by atoms with E-state index in [1.165, 1.54) is 6.92 Å². The van der Waals surface area contributed by atoms with Gasteiger partial charge in [-0.05, 0) is 24.6 Å². The lowest BCUT2D eigenvalue weighted by Crippen LogP contribution is -2.22. The summed E-state index contributed by atoms with van der Waals surface area (Å²) in [5.41, 5.74) is 0.879. The molecule has 1 aromatic carbocycles. The van der Waals surface area contributed by atoms with Crippen LogP contribution in [0.15, 0.2) is 28.7 Å². The molecule has 1 N–H and O–H groups in total. The van der Waals surface area contributed by atoms with E-state index >= 15 is 0 Å². The SMILES string of the molecule is CC(C(=O)O)S(=O)Cc1ccc(Br)cc1. The number of carboxylic acid groups (broad SMARTS) is 1. The molecule has 0 spiro atoms. The number of halogens is 1. The second-order valence-electron chi connectivity index (χ2n) is 3.13. The van der Waals surface area contributed by atoms with Crippen molar-refractivity contribution in [1.82, 2.24) is 0 Å². The average Bonchev–Trinajstić information content (AvgIpc) is 2.20. The first-order valence-corrected chi connectivity index (χ1v) is 6.52. The van der Waals surface area contributed by atoms with Crippen LogP contribution >= 0.6 is 15.9 Å². The molecular weight excluding hydrogens is 280 g/mol. The summed E-state index contributed by atoms with van der Waals surface area (Å²) >= 11 is 3.29. The van der Waals surface area contributed by atoms with Crippen LogP contribution in [0.25, 0.3) is 0 Å². The predicted molar refractivity (Wildman–Crippen MR) is 63.1 cm³/mol. The molecule has 1 rings (SSSR count). The molecule has 0 aliphatic heterocycles. The first-order chi connectivity index (χ1) is 7.00. The smallest absolute Gasteiger partial charge is 0.318 e. The zero-order chi connectivity index (χ0) is 11.4. The molecule has 0 bridgehead atoms. The fourth-order valence-corrected chi connectivity index (χ4v) is 2.24. The van der Waals surface area contributed by atoms with Gasteiger partial charge in [-0.15, -0.1) is 0 Å². The van der Waals surface area contributed by atoms with Gasteiger partial charge in [0.1, 0.15) is 5.25 Å². The third kappa shape index (κ3) is 3.76. The highest BCUT2D eigenvalue weighted by molar-refractivity contribution is 9.10. The van der Waals surface area contributed by atoms with Gasteiger partial charge >= 0.3 is 5.97 Å². The Morgan fingerprint density at radius 3 is 2.47 bits per heavy atom. The molecule has 0 amide bonds. The molecule has 2 unspecified atom stereocenters. The Hall–Kier alpha value is -0.680. The maximum Gasteiger partial charge on any atom is 0.318 e. The Kier molecular flexibility index (Phi) is 4.47. The lowest BCUT2D eigenvalue weighted by atomic mass is 10.2. The van der Waals surface area contributed by atoms with E-state index < -0.39 is 22.0 Å². The molecule has 0 saturated heterocycles. The van der Waals surface area contributed by atoms with Crippen LogP contribution in [0.5, 0.6) is 0 Å². The van der Waals surface area contributed by atoms with Crippen LogP contribution in [0.3, 0.4) is 0 Å². The summed E-state index contributed by atoms with van der Waals surface area (Å²) in [6.07, 6.45) is 0. The molecule has 0 aromatic heterocycles. The Morgan fingerprint density at radius 2 is 2.00 bits per heavy atom. The Bertz CT molecular complexity index is 375. The normalized spacial score (nSPS) is 14.5. The van der Waals surface area contributed by atoms with Crippen LogP contribution in [-0.2, 0) is 21.3 Å². The minimum atomic E-state index is -1.37. The van der Waals surface area contributed by atoms with Crippen molar-refractivity contribution in [3.05, 3.63) is 34.3 Å². The van der Waals surface area contributed by atoms with Crippen LogP contribution in [0, 0.1) is 0 Å². The number of carboxylic acids is 1. The molecule has 1 aromatic rings. The molecule has 82 valence electrons. The minimum Gasteiger partial charge on any atom is -0.480 e. The number of carbonyl (C=O) groups is 1. The number of benzene rings is 1. The number of rotatable bonds is 4. The van der Waals surface area contributed by atoms with Crippen LogP contribution in [0.1, 0.15) is 12.5 Å². The van der Waals surface area contributed by atoms with Gasteiger partial charge < -0.3 is 5.11 Å². The summed E-state index contributed by atoms with van der Waals surface area (Å²) in [7, 11) is -1.37. The maximum absolute atomic E-state index is 11.6. The van der Waals surface area contributed by atoms with Gasteiger partial charge in [0, 0.05) is 21.0 Å². The maximum atomic E-state index is 11.6. The van der Waals surface area contributed by atoms with Gasteiger partial charge in [0.15, 0.2) is 0 Å². The van der Waals surface area contributed by atoms with Crippen LogP contribution in [-0.4, -0.2) is 20.5 Å². The van der Waals surface area contributed by atoms with E-state index in [0.29, 0.717) is 0 Å². The topological polar surface area (TPSA) is 54.4 Å². The second kappa shape index (κ2) is 5.42. The fourth-order valence-electron chi connectivity index (χ4n) is 0.982. The van der Waals surface area contributed by atoms with E-state index in [-0.39, 0.29) is 5.75 Å². The van der Waals surface area contributed by atoms with Crippen molar-refractivity contribution in [2.45, 2.75) is 17.9 Å². The molecule has 3 nitrogen and oxygen atoms in total. The lowest BCUT2D eigenvalue weighted by molar-refractivity contribution is -0.136. The molecule has 2 atom stereocenters. The Balaban J connectivity index is 2.66. The molecule has 0 radical (unpaired) electrons. The van der Waals surface area contributed by atoms with Gasteiger partial charge in [-0.1, -0.05) is 28.1 Å². The summed E-state index contributed by atoms with van der Waals surface area (Å²) in [5.74, 6) is -0.744. The lowest BCUT2D eigenvalue weighted by Gasteiger charge is -2.06. The Labute approximate surface area is 99.1 Å². The van der Waals surface area contributed by atoms with Crippen molar-refractivity contribution >= 4 is 32.7 Å². The first kappa shape index (κ1) is 12.4. The molecule has 0 heterocycles. The van der Waals surface area contributed by atoms with Gasteiger partial charge in [-0.25, -0.2) is 0 Å². The van der Waals surface area contributed by atoms with Crippen LogP contribution < -0.4 is 0 Å². The van der Waals surface area contributed by atoms with E-state index in [1.807, 2.05) is 24.3 Å². The number of aliphatic carboxylic acids is 1. The quantitative estimate of drug-likeness (QED) is 0.925. The van der Waals surface area contributed by atoms with E-state index in [4.69, 9.17) is 5.11 Å². The summed E-state index contributed by atoms with van der Waals surface area (Å²) in [4.78, 5) is 10.6. The largest absolute Gasteiger partial charge is 0.480 e. The van der Waals surface area contributed by atoms with Crippen LogP contribution in [0.4, 0.5) is 0 Å². The van der Waals surface area contributed by atoms with Crippen molar-refractivity contribution in [3.63, 3.8) is 0 Å². The highest BCUT2D eigenvalue weighted by Crippen LogP contribution is 2.13. The zero-order valence-corrected chi connectivity index (χ0v) is 10.5. The van der Waals surface area contributed by atoms with Crippen molar-refractivity contribution in [3.8, 4) is 0 Å². The van der Waals surface area contributed by atoms with E-state index in [2.05, 4.69) is 15.9 Å². The molecule has 0 aliphatic carbocycles. The first-order valence-electron chi connectivity index (χ1n) is 4.35. The third-order valence-corrected chi connectivity index (χ3v) is 4.10. The monoisotopic (exact) mass is 290 g/mol. The van der Waals surface area contributed by atoms with Crippen molar-refractivity contribution < 1.29 is 14.1 Å².